The van der Waals surface area contributed by atoms with Crippen molar-refractivity contribution in [2.24, 2.45) is 0 Å². The van der Waals surface area contributed by atoms with Crippen LogP contribution in [0.5, 0.6) is 0 Å². The molecule has 1 saturated heterocycles. The lowest BCUT2D eigenvalue weighted by atomic mass is 9.99. The molecule has 1 rings (SSSR count). The van der Waals surface area contributed by atoms with Crippen LogP contribution in [0, 0.1) is 0 Å². The zero-order valence-electron chi connectivity index (χ0n) is 20.2. The Balaban J connectivity index is 2.55. The highest BCUT2D eigenvalue weighted by atomic mass is 28.4. The van der Waals surface area contributed by atoms with E-state index in [0.29, 0.717) is 23.7 Å². The fourth-order valence-corrected chi connectivity index (χ4v) is 6.06. The van der Waals surface area contributed by atoms with Crippen LogP contribution in [-0.2, 0) is 8.85 Å². The molecule has 0 aromatic rings. The summed E-state index contributed by atoms with van der Waals surface area (Å²) in [5.74, 6) is 0. The standard InChI is InChI=1S/C22H50N2O4Si/c1-7-9-11-13-16-24(6,15-12-10-8-2)17-14-18-29(26)27-20-22(19-25,21-28-29)23(3,4)5/h25-26H,7-21H2,1-6H3/q+2. The third kappa shape index (κ3) is 8.55. The lowest BCUT2D eigenvalue weighted by Gasteiger charge is -2.49. The Hall–Kier alpha value is -0.0231. The molecular formula is C22H50N2O4Si+2. The van der Waals surface area contributed by atoms with Crippen molar-refractivity contribution in [3.8, 4) is 0 Å². The maximum Gasteiger partial charge on any atom is 0.498 e. The maximum absolute atomic E-state index is 10.9. The van der Waals surface area contributed by atoms with Gasteiger partial charge >= 0.3 is 8.80 Å². The molecule has 0 aromatic heterocycles. The Bertz CT molecular complexity index is 451. The number of quaternary nitrogens is 2. The third-order valence-corrected chi connectivity index (χ3v) is 9.07. The van der Waals surface area contributed by atoms with E-state index in [2.05, 4.69) is 20.9 Å². The van der Waals surface area contributed by atoms with Gasteiger partial charge in [0.25, 0.3) is 0 Å². The van der Waals surface area contributed by atoms with Gasteiger partial charge in [0.2, 0.25) is 0 Å². The number of nitrogens with zero attached hydrogens (tertiary/aromatic N) is 2. The van der Waals surface area contributed by atoms with Crippen molar-refractivity contribution < 1.29 is 27.7 Å². The summed E-state index contributed by atoms with van der Waals surface area (Å²) in [6.07, 6.45) is 9.95. The van der Waals surface area contributed by atoms with Crippen LogP contribution in [0.1, 0.15) is 65.2 Å². The van der Waals surface area contributed by atoms with E-state index in [9.17, 15) is 9.90 Å². The van der Waals surface area contributed by atoms with Gasteiger partial charge in [-0.1, -0.05) is 33.1 Å². The van der Waals surface area contributed by atoms with E-state index in [1.807, 2.05) is 21.1 Å². The molecule has 29 heavy (non-hydrogen) atoms. The number of aliphatic hydroxyl groups is 1. The minimum atomic E-state index is -3.13. The lowest BCUT2D eigenvalue weighted by molar-refractivity contribution is -0.926. The van der Waals surface area contributed by atoms with Crippen LogP contribution in [0.15, 0.2) is 0 Å². The Morgan fingerprint density at radius 2 is 1.28 bits per heavy atom. The van der Waals surface area contributed by atoms with Gasteiger partial charge in [0, 0.05) is 12.5 Å². The van der Waals surface area contributed by atoms with Crippen LogP contribution in [0.4, 0.5) is 0 Å². The zero-order valence-corrected chi connectivity index (χ0v) is 21.2. The monoisotopic (exact) mass is 434 g/mol. The molecule has 6 nitrogen and oxygen atoms in total. The fourth-order valence-electron chi connectivity index (χ4n) is 4.10. The van der Waals surface area contributed by atoms with Crippen LogP contribution in [-0.4, -0.2) is 101 Å². The molecule has 174 valence electrons. The van der Waals surface area contributed by atoms with Gasteiger partial charge in [-0.25, -0.2) is 0 Å². The highest BCUT2D eigenvalue weighted by molar-refractivity contribution is 6.59. The Morgan fingerprint density at radius 3 is 1.76 bits per heavy atom. The summed E-state index contributed by atoms with van der Waals surface area (Å²) in [4.78, 5) is 10.9. The summed E-state index contributed by atoms with van der Waals surface area (Å²) in [5, 5.41) is 9.91. The molecule has 0 radical (unpaired) electrons. The number of unbranched alkanes of at least 4 members (excludes halogenated alkanes) is 5. The molecule has 1 aliphatic rings. The minimum absolute atomic E-state index is 0.00880. The molecule has 1 aliphatic heterocycles. The van der Waals surface area contributed by atoms with Gasteiger partial charge in [0.1, 0.15) is 6.61 Å². The van der Waals surface area contributed by atoms with Crippen LogP contribution in [0.3, 0.4) is 0 Å². The average Bonchev–Trinajstić information content (AvgIpc) is 2.65. The van der Waals surface area contributed by atoms with Gasteiger partial charge in [-0.3, -0.25) is 0 Å². The third-order valence-electron chi connectivity index (χ3n) is 6.89. The van der Waals surface area contributed by atoms with E-state index < -0.39 is 14.3 Å². The second-order valence-electron chi connectivity index (χ2n) is 10.3. The molecule has 1 unspecified atom stereocenters. The van der Waals surface area contributed by atoms with Crippen molar-refractivity contribution in [2.75, 3.05) is 67.6 Å². The minimum Gasteiger partial charge on any atom is -0.390 e. The van der Waals surface area contributed by atoms with Crippen LogP contribution < -0.4 is 0 Å². The molecule has 1 atom stereocenters. The molecule has 0 aromatic carbocycles. The molecule has 0 aliphatic carbocycles. The fraction of sp³-hybridized carbons (Fsp3) is 1.00. The highest BCUT2D eigenvalue weighted by Crippen LogP contribution is 2.29. The topological polar surface area (TPSA) is 58.9 Å². The van der Waals surface area contributed by atoms with Gasteiger partial charge in [-0.05, 0) is 25.7 Å². The second kappa shape index (κ2) is 12.1. The zero-order chi connectivity index (χ0) is 22.0. The van der Waals surface area contributed by atoms with Crippen molar-refractivity contribution in [3.05, 3.63) is 0 Å². The number of hydrogen-bond donors (Lipinski definition) is 2. The van der Waals surface area contributed by atoms with E-state index >= 15 is 0 Å². The largest absolute Gasteiger partial charge is 0.498 e. The first-order valence-corrected chi connectivity index (χ1v) is 13.8. The van der Waals surface area contributed by atoms with Crippen molar-refractivity contribution in [2.45, 2.75) is 76.8 Å². The summed E-state index contributed by atoms with van der Waals surface area (Å²) in [5.41, 5.74) is -0.497. The molecular weight excluding hydrogens is 384 g/mol. The molecule has 2 N–H and O–H groups in total. The van der Waals surface area contributed by atoms with Crippen LogP contribution >= 0.6 is 0 Å². The average molecular weight is 435 g/mol. The first-order chi connectivity index (χ1) is 13.6. The predicted octanol–water partition coefficient (Wildman–Crippen LogP) is 3.01. The van der Waals surface area contributed by atoms with Gasteiger partial charge in [0.15, 0.2) is 5.54 Å². The molecule has 0 bridgehead atoms. The van der Waals surface area contributed by atoms with E-state index in [0.717, 1.165) is 17.4 Å². The Kier molecular flexibility index (Phi) is 11.3. The summed E-state index contributed by atoms with van der Waals surface area (Å²) in [6, 6.07) is 0.613. The smallest absolute Gasteiger partial charge is 0.390 e. The van der Waals surface area contributed by atoms with E-state index in [1.165, 1.54) is 58.0 Å². The first kappa shape index (κ1) is 27.0. The SMILES string of the molecule is CCCCCC[N+](C)(CCCCC)CCC[Si]1(O)OCC(CO)([N+](C)(C)C)CO1. The van der Waals surface area contributed by atoms with Gasteiger partial charge in [0.05, 0.1) is 61.0 Å². The van der Waals surface area contributed by atoms with Crippen molar-refractivity contribution >= 4 is 8.80 Å². The van der Waals surface area contributed by atoms with Crippen molar-refractivity contribution in [3.63, 3.8) is 0 Å². The first-order valence-electron chi connectivity index (χ1n) is 11.8. The molecule has 0 amide bonds. The summed E-state index contributed by atoms with van der Waals surface area (Å²) in [7, 11) is 5.35. The van der Waals surface area contributed by atoms with Gasteiger partial charge < -0.3 is 27.7 Å². The maximum atomic E-state index is 10.9. The quantitative estimate of drug-likeness (QED) is 0.236. The van der Waals surface area contributed by atoms with Crippen LogP contribution in [0.2, 0.25) is 6.04 Å². The lowest BCUT2D eigenvalue weighted by Crippen LogP contribution is -2.70. The number of likely N-dealkylation sites (N-methyl/N-ethyl adjacent to an activating group) is 1. The molecule has 0 spiro atoms. The van der Waals surface area contributed by atoms with E-state index in [1.54, 1.807) is 0 Å². The Morgan fingerprint density at radius 1 is 0.793 bits per heavy atom. The van der Waals surface area contributed by atoms with Crippen molar-refractivity contribution in [1.29, 1.82) is 0 Å². The number of rotatable bonds is 15. The van der Waals surface area contributed by atoms with Crippen molar-refractivity contribution in [1.82, 2.24) is 0 Å². The molecule has 0 saturated carbocycles. The summed E-state index contributed by atoms with van der Waals surface area (Å²) < 4.78 is 13.5. The molecule has 1 fully saturated rings. The van der Waals surface area contributed by atoms with Crippen LogP contribution in [0.25, 0.3) is 0 Å². The summed E-state index contributed by atoms with van der Waals surface area (Å²) in [6.45, 7) is 8.73. The Labute approximate surface area is 181 Å². The number of aliphatic hydroxyl groups excluding tert-OH is 1. The normalized spacial score (nSPS) is 27.7. The van der Waals surface area contributed by atoms with E-state index in [4.69, 9.17) is 8.85 Å². The highest BCUT2D eigenvalue weighted by Gasteiger charge is 2.53. The predicted molar refractivity (Wildman–Crippen MR) is 122 cm³/mol. The molecule has 1 heterocycles. The summed E-state index contributed by atoms with van der Waals surface area (Å²) >= 11 is 0. The number of hydrogen-bond acceptors (Lipinski definition) is 4. The van der Waals surface area contributed by atoms with Gasteiger partial charge in [-0.15, -0.1) is 0 Å². The second-order valence-corrected chi connectivity index (χ2v) is 12.8. The molecule has 7 heteroatoms. The van der Waals surface area contributed by atoms with E-state index in [-0.39, 0.29) is 6.61 Å². The van der Waals surface area contributed by atoms with Gasteiger partial charge in [-0.2, -0.15) is 0 Å².